The van der Waals surface area contributed by atoms with E-state index in [2.05, 4.69) is 0 Å². The number of fused-ring (bicyclic) bond motifs is 3. The molecule has 0 amide bonds. The van der Waals surface area contributed by atoms with Crippen molar-refractivity contribution in [3.63, 3.8) is 0 Å². The Morgan fingerprint density at radius 3 is 2.11 bits per heavy atom. The summed E-state index contributed by atoms with van der Waals surface area (Å²) < 4.78 is 0. The standard InChI is InChI=1S/C25H38O12/c26-12-3-1-9(5-14(12)28)10-2-4-13(27)16-11(10)6-23(35)8-24(36)7-15(29)17(22(33)34)20(31)25(24,37)21(32)18(23)19(16)30/h9-14,16,18-19,21-22,26-28,30-37H,1-8H2/t9?,10?,11?,12?,13?,14?,16?,18?,19?,21?,23-,24+,25-/m1/s1. The molecule has 37 heavy (non-hydrogen) atoms. The number of Topliss-reactive ketones (excluding diaryl/α,β-unsaturated/α-hetero) is 1. The third-order valence-corrected chi connectivity index (χ3v) is 10.4. The predicted molar refractivity (Wildman–Crippen MR) is 122 cm³/mol. The number of aliphatic hydroxyl groups excluding tert-OH is 7. The van der Waals surface area contributed by atoms with Crippen molar-refractivity contribution in [1.82, 2.24) is 0 Å². The van der Waals surface area contributed by atoms with Crippen molar-refractivity contribution in [2.75, 3.05) is 0 Å². The van der Waals surface area contributed by atoms with Crippen LogP contribution in [0.15, 0.2) is 11.3 Å². The maximum Gasteiger partial charge on any atom is 0.185 e. The van der Waals surface area contributed by atoms with E-state index in [-0.39, 0.29) is 18.3 Å². The lowest BCUT2D eigenvalue weighted by Gasteiger charge is -2.65. The van der Waals surface area contributed by atoms with E-state index in [0.29, 0.717) is 32.1 Å². The van der Waals surface area contributed by atoms with Gasteiger partial charge in [-0.05, 0) is 56.3 Å². The maximum absolute atomic E-state index is 12.6. The fourth-order valence-electron chi connectivity index (χ4n) is 8.72. The molecule has 10 unspecified atom stereocenters. The smallest absolute Gasteiger partial charge is 0.185 e. The predicted octanol–water partition coefficient (Wildman–Crippen LogP) is -3.05. The summed E-state index contributed by atoms with van der Waals surface area (Å²) in [7, 11) is 0. The van der Waals surface area contributed by atoms with Crippen molar-refractivity contribution >= 4 is 5.78 Å². The zero-order chi connectivity index (χ0) is 27.2. The van der Waals surface area contributed by atoms with Gasteiger partial charge in [0.1, 0.15) is 17.5 Å². The average Bonchev–Trinajstić information content (AvgIpc) is 2.78. The molecule has 0 spiro atoms. The number of aliphatic hydroxyl groups is 11. The van der Waals surface area contributed by atoms with E-state index in [1.807, 2.05) is 0 Å². The summed E-state index contributed by atoms with van der Waals surface area (Å²) in [5.74, 6) is -5.51. The Hall–Kier alpha value is -1.19. The number of hydrogen-bond donors (Lipinski definition) is 11. The Kier molecular flexibility index (Phi) is 6.60. The molecule has 0 aromatic rings. The van der Waals surface area contributed by atoms with Crippen LogP contribution in [0.4, 0.5) is 0 Å². The molecule has 11 N–H and O–H groups in total. The third kappa shape index (κ3) is 3.76. The highest BCUT2D eigenvalue weighted by atomic mass is 16.5. The maximum atomic E-state index is 12.6. The van der Waals surface area contributed by atoms with E-state index in [4.69, 9.17) is 0 Å². The Morgan fingerprint density at radius 1 is 0.838 bits per heavy atom. The minimum Gasteiger partial charge on any atom is -0.508 e. The molecule has 0 heterocycles. The van der Waals surface area contributed by atoms with Gasteiger partial charge in [-0.3, -0.25) is 4.79 Å². The second kappa shape index (κ2) is 8.91. The molecule has 4 saturated carbocycles. The fourth-order valence-corrected chi connectivity index (χ4v) is 8.72. The lowest BCUT2D eigenvalue weighted by atomic mass is 9.45. The first kappa shape index (κ1) is 27.4. The molecule has 210 valence electrons. The topological polar surface area (TPSA) is 240 Å². The highest BCUT2D eigenvalue weighted by Gasteiger charge is 2.74. The molecule has 0 aromatic heterocycles. The summed E-state index contributed by atoms with van der Waals surface area (Å²) >= 11 is 0. The molecule has 0 bridgehead atoms. The Bertz CT molecular complexity index is 969. The average molecular weight is 531 g/mol. The van der Waals surface area contributed by atoms with Crippen LogP contribution in [0.2, 0.25) is 0 Å². The minimum atomic E-state index is -2.99. The van der Waals surface area contributed by atoms with Gasteiger partial charge < -0.3 is 56.2 Å². The normalized spacial score (nSPS) is 54.5. The van der Waals surface area contributed by atoms with Crippen molar-refractivity contribution in [2.24, 2.45) is 29.6 Å². The summed E-state index contributed by atoms with van der Waals surface area (Å²) in [5, 5.41) is 119. The molecule has 0 aromatic carbocycles. The summed E-state index contributed by atoms with van der Waals surface area (Å²) in [6.07, 6.45) is -8.64. The molecule has 4 fully saturated rings. The van der Waals surface area contributed by atoms with Crippen LogP contribution in [-0.4, -0.2) is 116 Å². The third-order valence-electron chi connectivity index (χ3n) is 10.4. The Morgan fingerprint density at radius 2 is 1.49 bits per heavy atom. The molecule has 5 aliphatic rings. The molecular weight excluding hydrogens is 492 g/mol. The first-order valence-corrected chi connectivity index (χ1v) is 13.1. The van der Waals surface area contributed by atoms with Gasteiger partial charge in [0, 0.05) is 24.7 Å². The second-order valence-corrected chi connectivity index (χ2v) is 12.2. The Labute approximate surface area is 213 Å². The molecule has 0 saturated heterocycles. The molecule has 0 aliphatic heterocycles. The molecule has 12 nitrogen and oxygen atoms in total. The second-order valence-electron chi connectivity index (χ2n) is 12.2. The van der Waals surface area contributed by atoms with Crippen molar-refractivity contribution in [3.05, 3.63) is 11.3 Å². The summed E-state index contributed by atoms with van der Waals surface area (Å²) in [5.41, 5.74) is -8.58. The molecule has 5 rings (SSSR count). The van der Waals surface area contributed by atoms with Gasteiger partial charge in [-0.25, -0.2) is 0 Å². The zero-order valence-electron chi connectivity index (χ0n) is 20.3. The summed E-state index contributed by atoms with van der Waals surface area (Å²) in [6.45, 7) is 0. The van der Waals surface area contributed by atoms with Gasteiger partial charge in [0.05, 0.1) is 35.6 Å². The van der Waals surface area contributed by atoms with Crippen LogP contribution in [0.1, 0.15) is 51.4 Å². The van der Waals surface area contributed by atoms with Crippen molar-refractivity contribution in [2.45, 2.75) is 105 Å². The fraction of sp³-hybridized carbons (Fsp3) is 0.880. The van der Waals surface area contributed by atoms with Crippen LogP contribution >= 0.6 is 0 Å². The van der Waals surface area contributed by atoms with E-state index in [1.54, 1.807) is 0 Å². The van der Waals surface area contributed by atoms with E-state index in [0.717, 1.165) is 0 Å². The zero-order valence-corrected chi connectivity index (χ0v) is 20.3. The van der Waals surface area contributed by atoms with Crippen LogP contribution < -0.4 is 0 Å². The van der Waals surface area contributed by atoms with Gasteiger partial charge >= 0.3 is 0 Å². The highest BCUT2D eigenvalue weighted by molar-refractivity contribution is 5.99. The molecule has 0 radical (unpaired) electrons. The molecule has 13 atom stereocenters. The van der Waals surface area contributed by atoms with Crippen molar-refractivity contribution in [1.29, 1.82) is 0 Å². The first-order chi connectivity index (χ1) is 17.2. The van der Waals surface area contributed by atoms with Gasteiger partial charge in [-0.1, -0.05) is 0 Å². The van der Waals surface area contributed by atoms with Crippen LogP contribution in [0.3, 0.4) is 0 Å². The van der Waals surface area contributed by atoms with E-state index in [9.17, 15) is 61.0 Å². The van der Waals surface area contributed by atoms with E-state index >= 15 is 0 Å². The van der Waals surface area contributed by atoms with Crippen LogP contribution in [0, 0.1) is 29.6 Å². The number of ketones is 1. The summed E-state index contributed by atoms with van der Waals surface area (Å²) in [6, 6.07) is 0. The quantitative estimate of drug-likeness (QED) is 0.160. The Balaban J connectivity index is 1.54. The number of rotatable bonds is 2. The largest absolute Gasteiger partial charge is 0.508 e. The van der Waals surface area contributed by atoms with Gasteiger partial charge in [-0.15, -0.1) is 0 Å². The molecule has 5 aliphatic carbocycles. The monoisotopic (exact) mass is 530 g/mol. The lowest BCUT2D eigenvalue weighted by Crippen LogP contribution is -2.79. The van der Waals surface area contributed by atoms with Gasteiger partial charge in [-0.2, -0.15) is 0 Å². The van der Waals surface area contributed by atoms with Gasteiger partial charge in [0.25, 0.3) is 0 Å². The van der Waals surface area contributed by atoms with Gasteiger partial charge in [0.15, 0.2) is 17.7 Å². The number of hydrogen-bond acceptors (Lipinski definition) is 12. The van der Waals surface area contributed by atoms with Crippen LogP contribution in [-0.2, 0) is 4.79 Å². The lowest BCUT2D eigenvalue weighted by molar-refractivity contribution is -0.320. The number of carbonyl (C=O) groups excluding carboxylic acids is 1. The van der Waals surface area contributed by atoms with E-state index in [1.165, 1.54) is 0 Å². The van der Waals surface area contributed by atoms with Crippen molar-refractivity contribution < 1.29 is 61.0 Å². The van der Waals surface area contributed by atoms with Crippen molar-refractivity contribution in [3.8, 4) is 0 Å². The highest BCUT2D eigenvalue weighted by Crippen LogP contribution is 2.61. The number of carbonyl (C=O) groups is 1. The minimum absolute atomic E-state index is 0.0591. The molecular formula is C25H38O12. The van der Waals surface area contributed by atoms with Crippen LogP contribution in [0.25, 0.3) is 0 Å². The SMILES string of the molecule is O=C1C[C@]2(O)C[C@]3(O)CC4C(C5CCC(O)C(O)C5)CCC(O)C4C(O)C3C(O)[C@]2(O)C(O)=C1C(O)O. The molecule has 12 heteroatoms. The van der Waals surface area contributed by atoms with E-state index < -0.39 is 101 Å². The summed E-state index contributed by atoms with van der Waals surface area (Å²) in [4.78, 5) is 12.6. The first-order valence-electron chi connectivity index (χ1n) is 13.1. The van der Waals surface area contributed by atoms with Gasteiger partial charge in [0.2, 0.25) is 0 Å². The van der Waals surface area contributed by atoms with Crippen LogP contribution in [0.5, 0.6) is 0 Å².